The number of hydrogen-bond donors (Lipinski definition) is 2. The summed E-state index contributed by atoms with van der Waals surface area (Å²) in [4.78, 5) is 15.9. The number of nitrogens with one attached hydrogen (secondary N) is 2. The molecule has 6 nitrogen and oxygen atoms in total. The van der Waals surface area contributed by atoms with Crippen molar-refractivity contribution in [3.8, 4) is 11.4 Å². The highest BCUT2D eigenvalue weighted by Crippen LogP contribution is 2.18. The normalized spacial score (nSPS) is 10.7. The van der Waals surface area contributed by atoms with E-state index >= 15 is 0 Å². The molecule has 20 heavy (non-hydrogen) atoms. The molecule has 2 N–H and O–H groups in total. The van der Waals surface area contributed by atoms with Crippen LogP contribution in [0.15, 0.2) is 21.3 Å². The number of amides is 1. The third kappa shape index (κ3) is 4.43. The van der Waals surface area contributed by atoms with Crippen LogP contribution in [0.1, 0.15) is 18.7 Å². The summed E-state index contributed by atoms with van der Waals surface area (Å²) >= 11 is 1.58. The number of hydrogen-bond acceptors (Lipinski definition) is 6. The van der Waals surface area contributed by atoms with Crippen molar-refractivity contribution < 1.29 is 9.32 Å². The van der Waals surface area contributed by atoms with Gasteiger partial charge in [-0.05, 0) is 31.5 Å². The van der Waals surface area contributed by atoms with E-state index in [0.29, 0.717) is 31.1 Å². The van der Waals surface area contributed by atoms with Gasteiger partial charge in [-0.15, -0.1) is 0 Å². The fraction of sp³-hybridized carbons (Fsp3) is 0.462. The highest BCUT2D eigenvalue weighted by molar-refractivity contribution is 7.08. The van der Waals surface area contributed by atoms with Gasteiger partial charge in [-0.2, -0.15) is 16.3 Å². The third-order valence-electron chi connectivity index (χ3n) is 2.74. The summed E-state index contributed by atoms with van der Waals surface area (Å²) in [6, 6.07) is 1.94. The summed E-state index contributed by atoms with van der Waals surface area (Å²) in [7, 11) is 1.89. The van der Waals surface area contributed by atoms with Crippen molar-refractivity contribution in [2.75, 3.05) is 20.1 Å². The Morgan fingerprint density at radius 1 is 1.45 bits per heavy atom. The van der Waals surface area contributed by atoms with Crippen molar-refractivity contribution in [2.45, 2.75) is 19.3 Å². The summed E-state index contributed by atoms with van der Waals surface area (Å²) in [5, 5.41) is 13.7. The molecule has 1 amide bonds. The molecule has 2 heterocycles. The fourth-order valence-corrected chi connectivity index (χ4v) is 2.30. The molecule has 7 heteroatoms. The molecule has 0 aliphatic rings. The first-order chi connectivity index (χ1) is 9.79. The minimum atomic E-state index is 0.0105. The molecule has 2 aromatic rings. The maximum atomic E-state index is 11.6. The van der Waals surface area contributed by atoms with Gasteiger partial charge in [-0.1, -0.05) is 5.16 Å². The monoisotopic (exact) mass is 294 g/mol. The van der Waals surface area contributed by atoms with Gasteiger partial charge in [0.25, 0.3) is 0 Å². The van der Waals surface area contributed by atoms with E-state index in [0.717, 1.165) is 18.5 Å². The Labute approximate surface area is 121 Å². The lowest BCUT2D eigenvalue weighted by atomic mass is 10.3. The van der Waals surface area contributed by atoms with Crippen LogP contribution in [0.25, 0.3) is 11.4 Å². The minimum absolute atomic E-state index is 0.0105. The van der Waals surface area contributed by atoms with Crippen LogP contribution in [0, 0.1) is 0 Å². The van der Waals surface area contributed by atoms with Gasteiger partial charge < -0.3 is 15.2 Å². The summed E-state index contributed by atoms with van der Waals surface area (Å²) < 4.78 is 5.14. The van der Waals surface area contributed by atoms with Gasteiger partial charge in [-0.25, -0.2) is 0 Å². The zero-order valence-electron chi connectivity index (χ0n) is 11.4. The second-order valence-corrected chi connectivity index (χ2v) is 5.11. The van der Waals surface area contributed by atoms with E-state index < -0.39 is 0 Å². The summed E-state index contributed by atoms with van der Waals surface area (Å²) in [6.07, 6.45) is 1.75. The number of carbonyl (C=O) groups is 1. The van der Waals surface area contributed by atoms with Gasteiger partial charge in [-0.3, -0.25) is 4.79 Å². The maximum Gasteiger partial charge on any atom is 0.227 e. The van der Waals surface area contributed by atoms with Crippen LogP contribution < -0.4 is 10.6 Å². The van der Waals surface area contributed by atoms with Crippen LogP contribution >= 0.6 is 11.3 Å². The molecule has 108 valence electrons. The topological polar surface area (TPSA) is 80.0 Å². The second kappa shape index (κ2) is 7.76. The molecule has 0 aliphatic carbocycles. The highest BCUT2D eigenvalue weighted by Gasteiger charge is 2.10. The molecule has 2 aromatic heterocycles. The van der Waals surface area contributed by atoms with E-state index in [1.807, 2.05) is 23.9 Å². The van der Waals surface area contributed by atoms with Crippen LogP contribution in [0.2, 0.25) is 0 Å². The van der Waals surface area contributed by atoms with Crippen molar-refractivity contribution in [3.63, 3.8) is 0 Å². The number of carbonyl (C=O) groups excluding carboxylic acids is 1. The molecule has 0 atom stereocenters. The zero-order valence-corrected chi connectivity index (χ0v) is 12.2. The van der Waals surface area contributed by atoms with E-state index in [2.05, 4.69) is 20.8 Å². The molecule has 0 saturated heterocycles. The third-order valence-corrected chi connectivity index (χ3v) is 3.42. The Hall–Kier alpha value is -1.73. The summed E-state index contributed by atoms with van der Waals surface area (Å²) in [5.74, 6) is 1.09. The summed E-state index contributed by atoms with van der Waals surface area (Å²) in [5.41, 5.74) is 0.946. The quantitative estimate of drug-likeness (QED) is 0.720. The smallest absolute Gasteiger partial charge is 0.227 e. The molecular formula is C13H18N4O2S. The van der Waals surface area contributed by atoms with Gasteiger partial charge in [0.15, 0.2) is 0 Å². The second-order valence-electron chi connectivity index (χ2n) is 4.33. The summed E-state index contributed by atoms with van der Waals surface area (Å²) in [6.45, 7) is 1.58. The Morgan fingerprint density at radius 3 is 3.10 bits per heavy atom. The van der Waals surface area contributed by atoms with Crippen molar-refractivity contribution in [1.82, 2.24) is 20.8 Å². The Bertz CT molecular complexity index is 524. The van der Waals surface area contributed by atoms with Gasteiger partial charge in [0, 0.05) is 30.3 Å². The first kappa shape index (κ1) is 14.7. The fourth-order valence-electron chi connectivity index (χ4n) is 1.67. The predicted octanol–water partition coefficient (Wildman–Crippen LogP) is 1.46. The minimum Gasteiger partial charge on any atom is -0.356 e. The van der Waals surface area contributed by atoms with E-state index in [1.165, 1.54) is 0 Å². The van der Waals surface area contributed by atoms with Gasteiger partial charge in [0.2, 0.25) is 17.6 Å². The Kier molecular flexibility index (Phi) is 5.69. The van der Waals surface area contributed by atoms with Crippen molar-refractivity contribution >= 4 is 17.2 Å². The maximum absolute atomic E-state index is 11.6. The number of aryl methyl sites for hydroxylation is 1. The molecule has 0 aromatic carbocycles. The standard InChI is InChI=1S/C13H18N4O2S/c1-14-6-2-7-15-11(18)3-4-12-16-13(17-19-12)10-5-8-20-9-10/h5,8-9,14H,2-4,6-7H2,1H3,(H,15,18). The van der Waals surface area contributed by atoms with E-state index in [4.69, 9.17) is 4.52 Å². The molecule has 0 spiro atoms. The lowest BCUT2D eigenvalue weighted by Crippen LogP contribution is -2.26. The molecule has 0 radical (unpaired) electrons. The van der Waals surface area contributed by atoms with Crippen LogP contribution in [0.3, 0.4) is 0 Å². The molecule has 2 rings (SSSR count). The Morgan fingerprint density at radius 2 is 2.35 bits per heavy atom. The lowest BCUT2D eigenvalue weighted by molar-refractivity contribution is -0.121. The number of nitrogens with zero attached hydrogens (tertiary/aromatic N) is 2. The molecule has 0 saturated carbocycles. The van der Waals surface area contributed by atoms with Crippen molar-refractivity contribution in [1.29, 1.82) is 0 Å². The molecule has 0 fully saturated rings. The van der Waals surface area contributed by atoms with Crippen LogP contribution in [0.4, 0.5) is 0 Å². The van der Waals surface area contributed by atoms with E-state index in [9.17, 15) is 4.79 Å². The molecule has 0 bridgehead atoms. The number of rotatable bonds is 8. The SMILES string of the molecule is CNCCCNC(=O)CCc1nc(-c2ccsc2)no1. The molecule has 0 aliphatic heterocycles. The van der Waals surface area contributed by atoms with Crippen molar-refractivity contribution in [2.24, 2.45) is 0 Å². The zero-order chi connectivity index (χ0) is 14.2. The first-order valence-corrected chi connectivity index (χ1v) is 7.50. The predicted molar refractivity (Wildman–Crippen MR) is 77.5 cm³/mol. The lowest BCUT2D eigenvalue weighted by Gasteiger charge is -2.03. The molecular weight excluding hydrogens is 276 g/mol. The first-order valence-electron chi connectivity index (χ1n) is 6.56. The van der Waals surface area contributed by atoms with Crippen LogP contribution in [0.5, 0.6) is 0 Å². The Balaban J connectivity index is 1.73. The van der Waals surface area contributed by atoms with E-state index in [1.54, 1.807) is 11.3 Å². The number of thiophene rings is 1. The average Bonchev–Trinajstić information content (AvgIpc) is 3.11. The average molecular weight is 294 g/mol. The highest BCUT2D eigenvalue weighted by atomic mass is 32.1. The number of aromatic nitrogens is 2. The van der Waals surface area contributed by atoms with Gasteiger partial charge in [0.05, 0.1) is 0 Å². The largest absolute Gasteiger partial charge is 0.356 e. The van der Waals surface area contributed by atoms with Crippen molar-refractivity contribution in [3.05, 3.63) is 22.7 Å². The van der Waals surface area contributed by atoms with Crippen LogP contribution in [-0.2, 0) is 11.2 Å². The van der Waals surface area contributed by atoms with Gasteiger partial charge in [0.1, 0.15) is 0 Å². The van der Waals surface area contributed by atoms with E-state index in [-0.39, 0.29) is 5.91 Å². The van der Waals surface area contributed by atoms with Crippen LogP contribution in [-0.4, -0.2) is 36.2 Å². The molecule has 0 unspecified atom stereocenters. The van der Waals surface area contributed by atoms with Gasteiger partial charge >= 0.3 is 0 Å².